The van der Waals surface area contributed by atoms with E-state index in [4.69, 9.17) is 29.7 Å². The van der Waals surface area contributed by atoms with Gasteiger partial charge in [-0.15, -0.1) is 0 Å². The van der Waals surface area contributed by atoms with E-state index in [0.717, 1.165) is 76.3 Å². The summed E-state index contributed by atoms with van der Waals surface area (Å²) in [5.74, 6) is 1.80. The van der Waals surface area contributed by atoms with Crippen molar-refractivity contribution in [2.45, 2.75) is 124 Å². The third-order valence-corrected chi connectivity index (χ3v) is 14.5. The number of carbonyl (C=O) groups is 1. The number of hydrogen-bond acceptors (Lipinski definition) is 8. The molecule has 1 aliphatic rings. The van der Waals surface area contributed by atoms with E-state index in [2.05, 4.69) is 75.5 Å². The molecule has 12 heteroatoms. The molecule has 1 fully saturated rings. The normalized spacial score (nSPS) is 17.0. The van der Waals surface area contributed by atoms with Crippen LogP contribution in [0.5, 0.6) is 11.6 Å². The number of fused-ring (bicyclic) bond motifs is 1. The number of nitrogens with two attached hydrogens (primary N) is 1. The highest BCUT2D eigenvalue weighted by Gasteiger charge is 2.39. The van der Waals surface area contributed by atoms with E-state index in [1.54, 1.807) is 13.3 Å². The first-order chi connectivity index (χ1) is 24.3. The van der Waals surface area contributed by atoms with Gasteiger partial charge in [-0.25, -0.2) is 19.3 Å². The molecule has 2 atom stereocenters. The minimum Gasteiger partial charge on any atom is -0.543 e. The number of amidine groups is 1. The molecule has 52 heavy (non-hydrogen) atoms. The third-order valence-electron chi connectivity index (χ3n) is 10.1. The van der Waals surface area contributed by atoms with E-state index >= 15 is 0 Å². The summed E-state index contributed by atoms with van der Waals surface area (Å²) in [6, 6.07) is 10.2. The first-order valence-electron chi connectivity index (χ1n) is 18.2. The Morgan fingerprint density at radius 2 is 1.79 bits per heavy atom. The van der Waals surface area contributed by atoms with Gasteiger partial charge in [0.05, 0.1) is 35.8 Å². The Bertz CT molecular complexity index is 1950. The standard InChI is InChI=1S/C40H57N7O4Si/c1-13-26-19-30(51-52(11,12)40(7,8)9)16-17-32(26)46-37(41)31-22-42-47-23-27(35-24(2)18-34(49-10)43-25(35)3)20-33(47)36(31)44-28-14-15-29(21-28)45-38(48)50-39(4,5)6/h16-20,22-23,28-29,44H,13-15,21H2,1-12H3,(H2,41,46)(H,45,48)/t28-,29+/m1/s1. The molecule has 11 nitrogen and oxygen atoms in total. The van der Waals surface area contributed by atoms with Crippen molar-refractivity contribution in [3.8, 4) is 22.8 Å². The van der Waals surface area contributed by atoms with Crippen LogP contribution in [0.15, 0.2) is 47.7 Å². The van der Waals surface area contributed by atoms with Gasteiger partial charge in [0.2, 0.25) is 14.2 Å². The number of aromatic nitrogens is 3. The van der Waals surface area contributed by atoms with E-state index in [0.29, 0.717) is 17.3 Å². The van der Waals surface area contributed by atoms with Gasteiger partial charge in [0, 0.05) is 41.2 Å². The van der Waals surface area contributed by atoms with Gasteiger partial charge >= 0.3 is 6.09 Å². The number of pyridine rings is 1. The van der Waals surface area contributed by atoms with Crippen LogP contribution in [0, 0.1) is 13.8 Å². The van der Waals surface area contributed by atoms with Gasteiger partial charge < -0.3 is 30.3 Å². The summed E-state index contributed by atoms with van der Waals surface area (Å²) in [7, 11) is -0.389. The summed E-state index contributed by atoms with van der Waals surface area (Å²) >= 11 is 0. The fourth-order valence-corrected chi connectivity index (χ4v) is 7.48. The van der Waals surface area contributed by atoms with Crippen molar-refractivity contribution in [2.24, 2.45) is 10.7 Å². The molecule has 0 bridgehead atoms. The molecule has 1 aliphatic carbocycles. The Labute approximate surface area is 309 Å². The summed E-state index contributed by atoms with van der Waals surface area (Å²) in [6.45, 7) is 23.0. The van der Waals surface area contributed by atoms with Crippen molar-refractivity contribution in [3.05, 3.63) is 65.1 Å². The van der Waals surface area contributed by atoms with Gasteiger partial charge in [0.15, 0.2) is 0 Å². The number of anilines is 1. The molecule has 0 spiro atoms. The van der Waals surface area contributed by atoms with Gasteiger partial charge in [0.25, 0.3) is 0 Å². The molecule has 0 unspecified atom stereocenters. The van der Waals surface area contributed by atoms with Gasteiger partial charge in [-0.1, -0.05) is 27.7 Å². The first kappa shape index (κ1) is 38.6. The largest absolute Gasteiger partial charge is 0.543 e. The number of aryl methyl sites for hydroxylation is 3. The van der Waals surface area contributed by atoms with Crippen LogP contribution in [0.1, 0.15) is 90.1 Å². The van der Waals surface area contributed by atoms with Crippen LogP contribution in [-0.4, -0.2) is 59.6 Å². The van der Waals surface area contributed by atoms with Gasteiger partial charge in [-0.3, -0.25) is 0 Å². The molecule has 3 heterocycles. The quantitative estimate of drug-likeness (QED) is 0.0837. The van der Waals surface area contributed by atoms with Gasteiger partial charge in [0.1, 0.15) is 17.2 Å². The maximum atomic E-state index is 12.6. The summed E-state index contributed by atoms with van der Waals surface area (Å²) in [5.41, 5.74) is 14.5. The highest BCUT2D eigenvalue weighted by molar-refractivity contribution is 6.74. The number of benzene rings is 1. The lowest BCUT2D eigenvalue weighted by atomic mass is 10.0. The Morgan fingerprint density at radius 1 is 1.08 bits per heavy atom. The molecule has 0 saturated heterocycles. The third kappa shape index (κ3) is 8.71. The van der Waals surface area contributed by atoms with Gasteiger partial charge in [-0.2, -0.15) is 5.10 Å². The van der Waals surface area contributed by atoms with E-state index < -0.39 is 20.0 Å². The summed E-state index contributed by atoms with van der Waals surface area (Å²) < 4.78 is 19.4. The number of rotatable bonds is 10. The second-order valence-corrected chi connectivity index (χ2v) is 21.2. The zero-order chi connectivity index (χ0) is 38.2. The smallest absolute Gasteiger partial charge is 0.407 e. The summed E-state index contributed by atoms with van der Waals surface area (Å²) in [4.78, 5) is 22.2. The van der Waals surface area contributed by atoms with Crippen LogP contribution in [0.4, 0.5) is 16.2 Å². The van der Waals surface area contributed by atoms with E-state index in [9.17, 15) is 4.79 Å². The van der Waals surface area contributed by atoms with Gasteiger partial charge in [-0.05, 0) is 114 Å². The van der Waals surface area contributed by atoms with Crippen LogP contribution < -0.4 is 25.5 Å². The Hall–Kier alpha value is -4.58. The number of nitrogens with one attached hydrogen (secondary N) is 2. The molecule has 3 aromatic heterocycles. The van der Waals surface area contributed by atoms with Crippen molar-refractivity contribution >= 4 is 37.1 Å². The van der Waals surface area contributed by atoms with Crippen molar-refractivity contribution in [1.82, 2.24) is 19.9 Å². The summed E-state index contributed by atoms with van der Waals surface area (Å²) in [6.07, 6.45) is 6.57. The molecule has 280 valence electrons. The Morgan fingerprint density at radius 3 is 2.42 bits per heavy atom. The van der Waals surface area contributed by atoms with Crippen LogP contribution in [0.25, 0.3) is 16.6 Å². The highest BCUT2D eigenvalue weighted by Crippen LogP contribution is 2.39. The molecule has 1 amide bonds. The van der Waals surface area contributed by atoms with Crippen molar-refractivity contribution in [3.63, 3.8) is 0 Å². The molecule has 1 saturated carbocycles. The SMILES string of the molecule is CCc1cc(O[Si](C)(C)C(C)(C)C)ccc1N=C(N)c1cnn2cc(-c3c(C)cc(OC)nc3C)cc2c1N[C@@H]1CC[C@H](NC(=O)OC(C)(C)C)C1. The number of methoxy groups -OCH3 is 1. The van der Waals surface area contributed by atoms with Crippen LogP contribution in [-0.2, 0) is 11.2 Å². The van der Waals surface area contributed by atoms with E-state index in [1.165, 1.54) is 0 Å². The average molecular weight is 728 g/mol. The number of aliphatic imine (C=N–C) groups is 1. The Balaban J connectivity index is 1.53. The fourth-order valence-electron chi connectivity index (χ4n) is 6.45. The molecular formula is C40H57N7O4Si. The summed E-state index contributed by atoms with van der Waals surface area (Å²) in [5, 5.41) is 11.7. The molecule has 5 rings (SSSR count). The predicted octanol–water partition coefficient (Wildman–Crippen LogP) is 8.86. The van der Waals surface area contributed by atoms with E-state index in [-0.39, 0.29) is 17.1 Å². The van der Waals surface area contributed by atoms with E-state index in [1.807, 2.05) is 56.6 Å². The number of hydrogen-bond donors (Lipinski definition) is 3. The monoisotopic (exact) mass is 727 g/mol. The fraction of sp³-hybridized carbons (Fsp3) is 0.500. The molecule has 4 N–H and O–H groups in total. The maximum absolute atomic E-state index is 12.6. The second-order valence-electron chi connectivity index (χ2n) is 16.4. The number of nitrogens with zero attached hydrogens (tertiary/aromatic N) is 4. The lowest BCUT2D eigenvalue weighted by Gasteiger charge is -2.36. The molecular weight excluding hydrogens is 671 g/mol. The van der Waals surface area contributed by atoms with Crippen LogP contribution >= 0.6 is 0 Å². The van der Waals surface area contributed by atoms with Crippen LogP contribution in [0.3, 0.4) is 0 Å². The van der Waals surface area contributed by atoms with Crippen molar-refractivity contribution in [1.29, 1.82) is 0 Å². The topological polar surface area (TPSA) is 137 Å². The minimum absolute atomic E-state index is 0.0168. The zero-order valence-electron chi connectivity index (χ0n) is 33.0. The minimum atomic E-state index is -2.01. The molecule has 1 aromatic carbocycles. The molecule has 4 aromatic rings. The van der Waals surface area contributed by atoms with Crippen molar-refractivity contribution in [2.75, 3.05) is 12.4 Å². The van der Waals surface area contributed by atoms with Crippen molar-refractivity contribution < 1.29 is 18.7 Å². The van der Waals surface area contributed by atoms with Crippen LogP contribution in [0.2, 0.25) is 18.1 Å². The molecule has 0 radical (unpaired) electrons. The zero-order valence-corrected chi connectivity index (χ0v) is 34.0. The lowest BCUT2D eigenvalue weighted by molar-refractivity contribution is 0.0505. The Kier molecular flexibility index (Phi) is 11.0. The first-order valence-corrected chi connectivity index (χ1v) is 21.2. The molecule has 0 aliphatic heterocycles. The highest BCUT2D eigenvalue weighted by atomic mass is 28.4. The predicted molar refractivity (Wildman–Crippen MR) is 213 cm³/mol. The average Bonchev–Trinajstić information content (AvgIpc) is 3.66. The number of carbonyl (C=O) groups excluding carboxylic acids is 1. The second kappa shape index (κ2) is 14.8. The maximum Gasteiger partial charge on any atom is 0.407 e. The number of ether oxygens (including phenoxy) is 2. The number of alkyl carbamates (subject to hydrolysis) is 1. The lowest BCUT2D eigenvalue weighted by Crippen LogP contribution is -2.43. The number of amides is 1.